The van der Waals surface area contributed by atoms with Crippen molar-refractivity contribution in [2.24, 2.45) is 0 Å². The minimum atomic E-state index is -4.39. The predicted octanol–water partition coefficient (Wildman–Crippen LogP) is 3.15. The van der Waals surface area contributed by atoms with Crippen LogP contribution < -0.4 is 0 Å². The van der Waals surface area contributed by atoms with Crippen LogP contribution in [0.2, 0.25) is 0 Å². The second-order valence-electron chi connectivity index (χ2n) is 4.63. The van der Waals surface area contributed by atoms with E-state index in [4.69, 9.17) is 10.7 Å². The molecule has 0 atom stereocenters. The summed E-state index contributed by atoms with van der Waals surface area (Å²) in [5.41, 5.74) is -0.519. The number of hydrogen-bond acceptors (Lipinski definition) is 3. The lowest BCUT2D eigenvalue weighted by atomic mass is 10.1. The van der Waals surface area contributed by atoms with E-state index in [-0.39, 0.29) is 0 Å². The highest BCUT2D eigenvalue weighted by atomic mass is 35.7. The largest absolute Gasteiger partial charge is 0.342 e. The van der Waals surface area contributed by atoms with Crippen LogP contribution in [-0.2, 0) is 9.05 Å². The van der Waals surface area contributed by atoms with E-state index in [2.05, 4.69) is 0 Å². The smallest absolute Gasteiger partial charge is 0.264 e. The third-order valence-electron chi connectivity index (χ3n) is 2.96. The fraction of sp³-hybridized carbons (Fsp3) is 0.462. The molecule has 118 valence electrons. The first-order valence-corrected chi connectivity index (χ1v) is 8.68. The maximum absolute atomic E-state index is 13.7. The SMILES string of the molecule is CCCCCN(C)C(=O)c1cc(S(=O)(=O)Cl)c(F)cc1F. The highest BCUT2D eigenvalue weighted by Gasteiger charge is 2.24. The van der Waals surface area contributed by atoms with Crippen LogP contribution in [0.25, 0.3) is 0 Å². The average Bonchev–Trinajstić information content (AvgIpc) is 2.36. The van der Waals surface area contributed by atoms with Gasteiger partial charge < -0.3 is 4.90 Å². The topological polar surface area (TPSA) is 54.5 Å². The standard InChI is InChI=1S/C13H16ClF2NO3S/c1-3-4-5-6-17(2)13(18)9-7-12(21(14,19)20)11(16)8-10(9)15/h7-8H,3-6H2,1-2H3. The zero-order chi connectivity index (χ0) is 16.2. The van der Waals surface area contributed by atoms with Crippen molar-refractivity contribution in [3.63, 3.8) is 0 Å². The van der Waals surface area contributed by atoms with E-state index < -0.39 is 37.1 Å². The van der Waals surface area contributed by atoms with Crippen molar-refractivity contribution in [2.75, 3.05) is 13.6 Å². The summed E-state index contributed by atoms with van der Waals surface area (Å²) in [6.07, 6.45) is 2.61. The van der Waals surface area contributed by atoms with Gasteiger partial charge in [0.05, 0.1) is 5.56 Å². The molecule has 0 aliphatic heterocycles. The number of carbonyl (C=O) groups excluding carboxylic acids is 1. The molecule has 0 bridgehead atoms. The first-order chi connectivity index (χ1) is 9.68. The normalized spacial score (nSPS) is 11.5. The summed E-state index contributed by atoms with van der Waals surface area (Å²) in [6, 6.07) is 0.980. The minimum Gasteiger partial charge on any atom is -0.342 e. The molecule has 1 aromatic rings. The van der Waals surface area contributed by atoms with Crippen LogP contribution in [0.15, 0.2) is 17.0 Å². The Balaban J connectivity index is 3.10. The molecule has 8 heteroatoms. The van der Waals surface area contributed by atoms with Crippen molar-refractivity contribution in [3.8, 4) is 0 Å². The maximum Gasteiger partial charge on any atom is 0.264 e. The molecule has 0 fully saturated rings. The van der Waals surface area contributed by atoms with Crippen molar-refractivity contribution < 1.29 is 22.0 Å². The highest BCUT2D eigenvalue weighted by molar-refractivity contribution is 8.13. The monoisotopic (exact) mass is 339 g/mol. The van der Waals surface area contributed by atoms with Gasteiger partial charge in [-0.2, -0.15) is 0 Å². The fourth-order valence-electron chi connectivity index (χ4n) is 1.79. The molecule has 1 rings (SSSR count). The van der Waals surface area contributed by atoms with Gasteiger partial charge in [-0.15, -0.1) is 0 Å². The third kappa shape index (κ3) is 4.64. The van der Waals surface area contributed by atoms with Gasteiger partial charge in [0.1, 0.15) is 16.5 Å². The Kier molecular flexibility index (Phi) is 6.10. The molecule has 0 saturated heterocycles. The molecular formula is C13H16ClF2NO3S. The Labute approximate surface area is 127 Å². The van der Waals surface area contributed by atoms with E-state index >= 15 is 0 Å². The summed E-state index contributed by atoms with van der Waals surface area (Å²) in [5.74, 6) is -3.17. The molecule has 0 unspecified atom stereocenters. The van der Waals surface area contributed by atoms with Crippen LogP contribution in [0.3, 0.4) is 0 Å². The number of rotatable bonds is 6. The van der Waals surface area contributed by atoms with E-state index in [1.54, 1.807) is 0 Å². The minimum absolute atomic E-state index is 0.350. The van der Waals surface area contributed by atoms with Crippen molar-refractivity contribution in [1.82, 2.24) is 4.90 Å². The molecule has 0 aliphatic rings. The molecule has 4 nitrogen and oxygen atoms in total. The molecule has 0 heterocycles. The summed E-state index contributed by atoms with van der Waals surface area (Å²) >= 11 is 0. The lowest BCUT2D eigenvalue weighted by molar-refractivity contribution is 0.0787. The zero-order valence-electron chi connectivity index (χ0n) is 11.7. The zero-order valence-corrected chi connectivity index (χ0v) is 13.3. The Morgan fingerprint density at radius 1 is 1.24 bits per heavy atom. The van der Waals surface area contributed by atoms with Gasteiger partial charge in [0, 0.05) is 30.3 Å². The molecule has 0 radical (unpaired) electrons. The second kappa shape index (κ2) is 7.17. The van der Waals surface area contributed by atoms with Crippen LogP contribution >= 0.6 is 10.7 Å². The Morgan fingerprint density at radius 2 is 1.86 bits per heavy atom. The lowest BCUT2D eigenvalue weighted by Gasteiger charge is -2.17. The van der Waals surface area contributed by atoms with Gasteiger partial charge in [-0.3, -0.25) is 4.79 Å². The van der Waals surface area contributed by atoms with E-state index in [9.17, 15) is 22.0 Å². The molecule has 0 N–H and O–H groups in total. The van der Waals surface area contributed by atoms with Gasteiger partial charge in [0.2, 0.25) is 0 Å². The van der Waals surface area contributed by atoms with Crippen molar-refractivity contribution in [1.29, 1.82) is 0 Å². The van der Waals surface area contributed by atoms with Crippen LogP contribution in [0.1, 0.15) is 36.5 Å². The van der Waals surface area contributed by atoms with E-state index in [1.807, 2.05) is 6.92 Å². The molecule has 0 saturated carbocycles. The first kappa shape index (κ1) is 17.8. The Morgan fingerprint density at radius 3 is 2.38 bits per heavy atom. The molecule has 21 heavy (non-hydrogen) atoms. The average molecular weight is 340 g/mol. The Bertz CT molecular complexity index is 635. The molecule has 0 aliphatic carbocycles. The summed E-state index contributed by atoms with van der Waals surface area (Å²) in [5, 5.41) is 0. The molecule has 1 amide bonds. The van der Waals surface area contributed by atoms with E-state index in [1.165, 1.54) is 11.9 Å². The van der Waals surface area contributed by atoms with Gasteiger partial charge in [0.25, 0.3) is 15.0 Å². The number of halogens is 3. The highest BCUT2D eigenvalue weighted by Crippen LogP contribution is 2.23. The summed E-state index contributed by atoms with van der Waals surface area (Å²) in [6.45, 7) is 2.39. The maximum atomic E-state index is 13.7. The molecular weight excluding hydrogens is 324 g/mol. The summed E-state index contributed by atoms with van der Waals surface area (Å²) in [7, 11) is 2.13. The summed E-state index contributed by atoms with van der Waals surface area (Å²) < 4.78 is 49.5. The van der Waals surface area contributed by atoms with Crippen molar-refractivity contribution >= 4 is 25.6 Å². The quantitative estimate of drug-likeness (QED) is 0.591. The van der Waals surface area contributed by atoms with E-state index in [0.717, 1.165) is 19.3 Å². The number of hydrogen-bond donors (Lipinski definition) is 0. The Hall–Kier alpha value is -1.21. The number of amides is 1. The van der Waals surface area contributed by atoms with E-state index in [0.29, 0.717) is 18.7 Å². The van der Waals surface area contributed by atoms with Crippen molar-refractivity contribution in [2.45, 2.75) is 31.1 Å². The molecule has 0 aromatic heterocycles. The fourth-order valence-corrected chi connectivity index (χ4v) is 2.69. The van der Waals surface area contributed by atoms with Crippen molar-refractivity contribution in [3.05, 3.63) is 29.3 Å². The number of carbonyl (C=O) groups is 1. The summed E-state index contributed by atoms with van der Waals surface area (Å²) in [4.78, 5) is 12.4. The predicted molar refractivity (Wildman–Crippen MR) is 75.9 cm³/mol. The first-order valence-electron chi connectivity index (χ1n) is 6.37. The molecule has 1 aromatic carbocycles. The number of nitrogens with zero attached hydrogens (tertiary/aromatic N) is 1. The van der Waals surface area contributed by atoms with Gasteiger partial charge in [-0.05, 0) is 12.5 Å². The number of unbranched alkanes of at least 4 members (excludes halogenated alkanes) is 2. The third-order valence-corrected chi connectivity index (χ3v) is 4.30. The van der Waals surface area contributed by atoms with Gasteiger partial charge in [-0.25, -0.2) is 17.2 Å². The van der Waals surface area contributed by atoms with Gasteiger partial charge in [0.15, 0.2) is 0 Å². The van der Waals surface area contributed by atoms with Crippen LogP contribution in [0, 0.1) is 11.6 Å². The van der Waals surface area contributed by atoms with Crippen LogP contribution in [0.4, 0.5) is 8.78 Å². The van der Waals surface area contributed by atoms with Gasteiger partial charge >= 0.3 is 0 Å². The van der Waals surface area contributed by atoms with Crippen LogP contribution in [-0.4, -0.2) is 32.8 Å². The second-order valence-corrected chi connectivity index (χ2v) is 7.17. The molecule has 0 spiro atoms. The van der Waals surface area contributed by atoms with Crippen LogP contribution in [0.5, 0.6) is 0 Å². The lowest BCUT2D eigenvalue weighted by Crippen LogP contribution is -2.28. The van der Waals surface area contributed by atoms with Gasteiger partial charge in [-0.1, -0.05) is 19.8 Å². The number of benzene rings is 1.